The SMILES string of the molecule is CCC(CNC(=O)OCC1c2ccccc2-c2ccccc21)C(=O)N1CC(C)C(C(=O)O)C1. The number of rotatable bonds is 7. The van der Waals surface area contributed by atoms with Crippen molar-refractivity contribution in [3.8, 4) is 11.1 Å². The van der Waals surface area contributed by atoms with E-state index in [1.165, 1.54) is 11.1 Å². The lowest BCUT2D eigenvalue weighted by atomic mass is 9.98. The van der Waals surface area contributed by atoms with E-state index < -0.39 is 23.9 Å². The third kappa shape index (κ3) is 4.58. The maximum atomic E-state index is 12.9. The van der Waals surface area contributed by atoms with E-state index in [0.717, 1.165) is 11.1 Å². The molecule has 174 valence electrons. The largest absolute Gasteiger partial charge is 0.481 e. The van der Waals surface area contributed by atoms with Gasteiger partial charge in [-0.2, -0.15) is 0 Å². The Morgan fingerprint density at radius 1 is 1.06 bits per heavy atom. The second kappa shape index (κ2) is 9.65. The minimum Gasteiger partial charge on any atom is -0.481 e. The summed E-state index contributed by atoms with van der Waals surface area (Å²) in [6, 6.07) is 16.3. The van der Waals surface area contributed by atoms with Crippen molar-refractivity contribution in [2.45, 2.75) is 26.2 Å². The first kappa shape index (κ1) is 22.8. The average molecular weight is 451 g/mol. The first-order valence-corrected chi connectivity index (χ1v) is 11.5. The number of alkyl carbamates (subject to hydrolysis) is 1. The van der Waals surface area contributed by atoms with Crippen LogP contribution in [-0.4, -0.2) is 54.2 Å². The number of carbonyl (C=O) groups is 3. The van der Waals surface area contributed by atoms with Gasteiger partial charge in [-0.25, -0.2) is 4.79 Å². The molecular weight excluding hydrogens is 420 g/mol. The molecule has 7 heteroatoms. The molecule has 33 heavy (non-hydrogen) atoms. The molecule has 2 amide bonds. The first-order chi connectivity index (χ1) is 15.9. The summed E-state index contributed by atoms with van der Waals surface area (Å²) in [6.07, 6.45) is -0.00760. The highest BCUT2D eigenvalue weighted by Crippen LogP contribution is 2.44. The molecule has 2 aliphatic rings. The van der Waals surface area contributed by atoms with Crippen molar-refractivity contribution in [1.82, 2.24) is 10.2 Å². The number of aliphatic carboxylic acids is 1. The van der Waals surface area contributed by atoms with Gasteiger partial charge in [-0.05, 0) is 34.6 Å². The lowest BCUT2D eigenvalue weighted by Crippen LogP contribution is -2.41. The van der Waals surface area contributed by atoms with E-state index in [9.17, 15) is 19.5 Å². The predicted molar refractivity (Wildman–Crippen MR) is 124 cm³/mol. The number of carbonyl (C=O) groups excluding carboxylic acids is 2. The maximum Gasteiger partial charge on any atom is 0.407 e. The summed E-state index contributed by atoms with van der Waals surface area (Å²) < 4.78 is 5.55. The standard InChI is InChI=1S/C26H30N2O5/c1-3-17(24(29)28-13-16(2)22(14-28)25(30)31)12-27-26(32)33-15-23-20-10-6-4-8-18(20)19-9-5-7-11-21(19)23/h4-11,16-17,22-23H,3,12-15H2,1-2H3,(H,27,32)(H,30,31). The fourth-order valence-corrected chi connectivity index (χ4v) is 4.99. The molecule has 0 bridgehead atoms. The molecule has 1 aliphatic carbocycles. The van der Waals surface area contributed by atoms with Crippen molar-refractivity contribution in [3.63, 3.8) is 0 Å². The van der Waals surface area contributed by atoms with E-state index >= 15 is 0 Å². The van der Waals surface area contributed by atoms with Gasteiger partial charge in [0.1, 0.15) is 6.61 Å². The minimum atomic E-state index is -0.873. The van der Waals surface area contributed by atoms with Gasteiger partial charge in [0.15, 0.2) is 0 Å². The van der Waals surface area contributed by atoms with Crippen LogP contribution in [0.2, 0.25) is 0 Å². The van der Waals surface area contributed by atoms with Crippen molar-refractivity contribution in [2.75, 3.05) is 26.2 Å². The Morgan fingerprint density at radius 3 is 2.21 bits per heavy atom. The van der Waals surface area contributed by atoms with Gasteiger partial charge in [0.25, 0.3) is 0 Å². The molecule has 1 fully saturated rings. The monoisotopic (exact) mass is 450 g/mol. The topological polar surface area (TPSA) is 95.9 Å². The van der Waals surface area contributed by atoms with Gasteiger partial charge in [0.05, 0.1) is 11.8 Å². The van der Waals surface area contributed by atoms with Crippen LogP contribution in [0, 0.1) is 17.8 Å². The van der Waals surface area contributed by atoms with Crippen LogP contribution in [0.25, 0.3) is 11.1 Å². The van der Waals surface area contributed by atoms with Crippen molar-refractivity contribution in [3.05, 3.63) is 59.7 Å². The van der Waals surface area contributed by atoms with Gasteiger partial charge < -0.3 is 20.1 Å². The Labute approximate surface area is 193 Å². The van der Waals surface area contributed by atoms with Gasteiger partial charge in [-0.15, -0.1) is 0 Å². The van der Waals surface area contributed by atoms with E-state index in [4.69, 9.17) is 4.74 Å². The summed E-state index contributed by atoms with van der Waals surface area (Å²) in [5.41, 5.74) is 4.62. The number of nitrogens with zero attached hydrogens (tertiary/aromatic N) is 1. The summed E-state index contributed by atoms with van der Waals surface area (Å²) in [7, 11) is 0. The molecule has 1 heterocycles. The minimum absolute atomic E-state index is 0.0224. The normalized spacial score (nSPS) is 20.1. The Hall–Kier alpha value is -3.35. The Kier molecular flexibility index (Phi) is 6.67. The van der Waals surface area contributed by atoms with E-state index in [0.29, 0.717) is 13.0 Å². The molecule has 3 unspecified atom stereocenters. The zero-order chi connectivity index (χ0) is 23.5. The predicted octanol–water partition coefficient (Wildman–Crippen LogP) is 3.73. The molecule has 4 rings (SSSR count). The van der Waals surface area contributed by atoms with Gasteiger partial charge in [0, 0.05) is 25.6 Å². The number of fused-ring (bicyclic) bond motifs is 3. The van der Waals surface area contributed by atoms with E-state index in [1.54, 1.807) is 4.90 Å². The Balaban J connectivity index is 1.32. The zero-order valence-electron chi connectivity index (χ0n) is 19.0. The lowest BCUT2D eigenvalue weighted by molar-refractivity contribution is -0.142. The summed E-state index contributed by atoms with van der Waals surface area (Å²) in [4.78, 5) is 38.3. The van der Waals surface area contributed by atoms with Crippen molar-refractivity contribution < 1.29 is 24.2 Å². The summed E-state index contributed by atoms with van der Waals surface area (Å²) in [5.74, 6) is -2.05. The van der Waals surface area contributed by atoms with Crippen molar-refractivity contribution in [1.29, 1.82) is 0 Å². The van der Waals surface area contributed by atoms with Gasteiger partial charge in [-0.1, -0.05) is 62.4 Å². The van der Waals surface area contributed by atoms with Crippen LogP contribution in [-0.2, 0) is 14.3 Å². The van der Waals surface area contributed by atoms with Crippen LogP contribution in [0.1, 0.15) is 37.3 Å². The highest BCUT2D eigenvalue weighted by Gasteiger charge is 2.38. The number of carboxylic acid groups (broad SMARTS) is 1. The molecule has 0 spiro atoms. The quantitative estimate of drug-likeness (QED) is 0.670. The molecule has 2 N–H and O–H groups in total. The summed E-state index contributed by atoms with van der Waals surface area (Å²) in [5, 5.41) is 12.0. The number of carboxylic acids is 1. The highest BCUT2D eigenvalue weighted by molar-refractivity contribution is 5.82. The lowest BCUT2D eigenvalue weighted by Gasteiger charge is -2.23. The fourth-order valence-electron chi connectivity index (χ4n) is 4.99. The number of nitrogens with one attached hydrogen (secondary N) is 1. The molecule has 0 aromatic heterocycles. The van der Waals surface area contributed by atoms with Crippen LogP contribution in [0.15, 0.2) is 48.5 Å². The zero-order valence-corrected chi connectivity index (χ0v) is 19.0. The molecule has 2 aromatic rings. The van der Waals surface area contributed by atoms with Gasteiger partial charge >= 0.3 is 12.1 Å². The Bertz CT molecular complexity index is 1010. The number of benzene rings is 2. The van der Waals surface area contributed by atoms with Crippen molar-refractivity contribution in [2.24, 2.45) is 17.8 Å². The molecular formula is C26H30N2O5. The molecule has 1 aliphatic heterocycles. The van der Waals surface area contributed by atoms with Crippen molar-refractivity contribution >= 4 is 18.0 Å². The molecule has 1 saturated heterocycles. The van der Waals surface area contributed by atoms with E-state index in [2.05, 4.69) is 29.6 Å². The number of hydrogen-bond acceptors (Lipinski definition) is 4. The third-order valence-corrected chi connectivity index (χ3v) is 6.92. The van der Waals surface area contributed by atoms with Crippen LogP contribution < -0.4 is 5.32 Å². The van der Waals surface area contributed by atoms with Crippen LogP contribution in [0.4, 0.5) is 4.79 Å². The van der Waals surface area contributed by atoms with Gasteiger partial charge in [0.2, 0.25) is 5.91 Å². The van der Waals surface area contributed by atoms with E-state index in [-0.39, 0.29) is 37.4 Å². The summed E-state index contributed by atoms with van der Waals surface area (Å²) in [6.45, 7) is 4.76. The van der Waals surface area contributed by atoms with Crippen LogP contribution in [0.3, 0.4) is 0 Å². The van der Waals surface area contributed by atoms with Gasteiger partial charge in [-0.3, -0.25) is 9.59 Å². The highest BCUT2D eigenvalue weighted by atomic mass is 16.5. The smallest absolute Gasteiger partial charge is 0.407 e. The number of amides is 2. The van der Waals surface area contributed by atoms with E-state index in [1.807, 2.05) is 38.1 Å². The van der Waals surface area contributed by atoms with Crippen LogP contribution in [0.5, 0.6) is 0 Å². The molecule has 7 nitrogen and oxygen atoms in total. The Morgan fingerprint density at radius 2 is 1.67 bits per heavy atom. The number of likely N-dealkylation sites (tertiary alicyclic amines) is 1. The first-order valence-electron chi connectivity index (χ1n) is 11.5. The molecule has 0 radical (unpaired) electrons. The fraction of sp³-hybridized carbons (Fsp3) is 0.423. The second-order valence-electron chi connectivity index (χ2n) is 8.98. The maximum absolute atomic E-state index is 12.9. The second-order valence-corrected chi connectivity index (χ2v) is 8.98. The molecule has 2 aromatic carbocycles. The molecule has 3 atom stereocenters. The third-order valence-electron chi connectivity index (χ3n) is 6.92. The average Bonchev–Trinajstić information content (AvgIpc) is 3.36. The number of ether oxygens (including phenoxy) is 1. The van der Waals surface area contributed by atoms with Crippen LogP contribution >= 0.6 is 0 Å². The summed E-state index contributed by atoms with van der Waals surface area (Å²) >= 11 is 0. The molecule has 0 saturated carbocycles. The number of hydrogen-bond donors (Lipinski definition) is 2.